The second-order valence-corrected chi connectivity index (χ2v) is 6.98. The Balaban J connectivity index is 2.10. The quantitative estimate of drug-likeness (QED) is 0.871. The number of amides is 1. The molecule has 0 saturated carbocycles. The highest BCUT2D eigenvalue weighted by Crippen LogP contribution is 2.29. The van der Waals surface area contributed by atoms with Gasteiger partial charge in [0.05, 0.1) is 5.37 Å². The Morgan fingerprint density at radius 2 is 2.21 bits per heavy atom. The summed E-state index contributed by atoms with van der Waals surface area (Å²) in [5.41, 5.74) is 0. The molecule has 1 aliphatic rings. The molecule has 1 aliphatic heterocycles. The molecule has 1 N–H and O–H groups in total. The van der Waals surface area contributed by atoms with Crippen molar-refractivity contribution in [2.75, 3.05) is 5.75 Å². The molecule has 6 heteroatoms. The Kier molecular flexibility index (Phi) is 4.31. The molecule has 1 aromatic heterocycles. The van der Waals surface area contributed by atoms with E-state index in [1.54, 1.807) is 17.4 Å². The van der Waals surface area contributed by atoms with Crippen LogP contribution in [0, 0.1) is 6.92 Å². The highest BCUT2D eigenvalue weighted by atomic mass is 32.2. The van der Waals surface area contributed by atoms with Gasteiger partial charge in [-0.05, 0) is 32.1 Å². The number of hydrogen-bond acceptors (Lipinski definition) is 4. The van der Waals surface area contributed by atoms with Crippen molar-refractivity contribution >= 4 is 41.1 Å². The smallest absolute Gasteiger partial charge is 0.327 e. The molecule has 102 valence electrons. The molecule has 1 fully saturated rings. The Morgan fingerprint density at radius 1 is 1.47 bits per heavy atom. The van der Waals surface area contributed by atoms with Gasteiger partial charge in [-0.3, -0.25) is 4.79 Å². The predicted molar refractivity (Wildman–Crippen MR) is 78.3 cm³/mol. The zero-order chi connectivity index (χ0) is 14.0. The van der Waals surface area contributed by atoms with Crippen LogP contribution in [0.4, 0.5) is 0 Å². The molecule has 2 rings (SSSR count). The van der Waals surface area contributed by atoms with Gasteiger partial charge in [0, 0.05) is 21.6 Å². The lowest BCUT2D eigenvalue weighted by molar-refractivity contribution is -0.147. The first-order valence-corrected chi connectivity index (χ1v) is 7.77. The van der Waals surface area contributed by atoms with Crippen LogP contribution >= 0.6 is 23.1 Å². The molecule has 1 saturated heterocycles. The summed E-state index contributed by atoms with van der Waals surface area (Å²) < 4.78 is 0. The van der Waals surface area contributed by atoms with Gasteiger partial charge in [0.1, 0.15) is 6.04 Å². The summed E-state index contributed by atoms with van der Waals surface area (Å²) in [5.74, 6) is -0.727. The number of carboxylic acids is 1. The van der Waals surface area contributed by atoms with Gasteiger partial charge in [-0.2, -0.15) is 0 Å². The zero-order valence-electron chi connectivity index (χ0n) is 10.7. The lowest BCUT2D eigenvalue weighted by atomic mass is 10.2. The number of hydrogen-bond donors (Lipinski definition) is 1. The number of aliphatic carboxylic acids is 1. The molecule has 19 heavy (non-hydrogen) atoms. The summed E-state index contributed by atoms with van der Waals surface area (Å²) in [4.78, 5) is 26.8. The van der Waals surface area contributed by atoms with Crippen molar-refractivity contribution in [1.82, 2.24) is 4.90 Å². The summed E-state index contributed by atoms with van der Waals surface area (Å²) in [7, 11) is 0. The molecule has 0 spiro atoms. The van der Waals surface area contributed by atoms with Crippen molar-refractivity contribution in [3.63, 3.8) is 0 Å². The molecule has 0 aliphatic carbocycles. The average molecular weight is 297 g/mol. The topological polar surface area (TPSA) is 57.6 Å². The second kappa shape index (κ2) is 5.79. The van der Waals surface area contributed by atoms with Crippen molar-refractivity contribution in [3.8, 4) is 0 Å². The minimum Gasteiger partial charge on any atom is -0.480 e. The molecule has 0 bridgehead atoms. The maximum Gasteiger partial charge on any atom is 0.327 e. The SMILES string of the molecule is Cc1ccc(C=CC(=O)N2C(C)SCC2C(=O)O)s1. The second-order valence-electron chi connectivity index (χ2n) is 4.31. The van der Waals surface area contributed by atoms with Gasteiger partial charge in [0.15, 0.2) is 0 Å². The number of carbonyl (C=O) groups excluding carboxylic acids is 1. The van der Waals surface area contributed by atoms with Crippen LogP contribution in [0.25, 0.3) is 6.08 Å². The maximum atomic E-state index is 12.1. The fraction of sp³-hybridized carbons (Fsp3) is 0.385. The summed E-state index contributed by atoms with van der Waals surface area (Å²) in [6.45, 7) is 3.86. The fourth-order valence-electron chi connectivity index (χ4n) is 1.95. The molecular formula is C13H15NO3S2. The van der Waals surface area contributed by atoms with Crippen molar-refractivity contribution < 1.29 is 14.7 Å². The Morgan fingerprint density at radius 3 is 2.79 bits per heavy atom. The van der Waals surface area contributed by atoms with E-state index in [-0.39, 0.29) is 11.3 Å². The first-order chi connectivity index (χ1) is 8.99. The molecule has 0 radical (unpaired) electrons. The number of aryl methyl sites for hydroxylation is 1. The molecular weight excluding hydrogens is 282 g/mol. The van der Waals surface area contributed by atoms with E-state index in [1.165, 1.54) is 27.6 Å². The summed E-state index contributed by atoms with van der Waals surface area (Å²) in [6, 6.07) is 3.21. The van der Waals surface area contributed by atoms with Gasteiger partial charge in [-0.15, -0.1) is 23.1 Å². The zero-order valence-corrected chi connectivity index (χ0v) is 12.3. The van der Waals surface area contributed by atoms with Gasteiger partial charge < -0.3 is 10.0 Å². The third-order valence-corrected chi connectivity index (χ3v) is 5.10. The molecule has 0 aromatic carbocycles. The van der Waals surface area contributed by atoms with E-state index in [9.17, 15) is 9.59 Å². The van der Waals surface area contributed by atoms with Crippen LogP contribution in [-0.2, 0) is 9.59 Å². The Labute approximate surface area is 120 Å². The first-order valence-electron chi connectivity index (χ1n) is 5.90. The third kappa shape index (κ3) is 3.19. The van der Waals surface area contributed by atoms with Gasteiger partial charge in [0.2, 0.25) is 5.91 Å². The van der Waals surface area contributed by atoms with Crippen LogP contribution < -0.4 is 0 Å². The predicted octanol–water partition coefficient (Wildman–Crippen LogP) is 2.44. The van der Waals surface area contributed by atoms with Gasteiger partial charge in [0.25, 0.3) is 0 Å². The monoisotopic (exact) mass is 297 g/mol. The number of carbonyl (C=O) groups is 2. The highest BCUT2D eigenvalue weighted by molar-refractivity contribution is 8.00. The van der Waals surface area contributed by atoms with Crippen molar-refractivity contribution in [2.45, 2.75) is 25.3 Å². The van der Waals surface area contributed by atoms with E-state index >= 15 is 0 Å². The van der Waals surface area contributed by atoms with Crippen LogP contribution in [0.2, 0.25) is 0 Å². The van der Waals surface area contributed by atoms with E-state index in [4.69, 9.17) is 5.11 Å². The van der Waals surface area contributed by atoms with Gasteiger partial charge in [-0.1, -0.05) is 0 Å². The number of nitrogens with zero attached hydrogens (tertiary/aromatic N) is 1. The van der Waals surface area contributed by atoms with Crippen LogP contribution in [-0.4, -0.2) is 39.1 Å². The van der Waals surface area contributed by atoms with Crippen LogP contribution in [0.5, 0.6) is 0 Å². The molecule has 4 nitrogen and oxygen atoms in total. The van der Waals surface area contributed by atoms with Crippen molar-refractivity contribution in [3.05, 3.63) is 28.0 Å². The highest BCUT2D eigenvalue weighted by Gasteiger charge is 2.38. The Hall–Kier alpha value is -1.27. The third-order valence-electron chi connectivity index (χ3n) is 2.91. The number of rotatable bonds is 3. The molecule has 1 aromatic rings. The van der Waals surface area contributed by atoms with Gasteiger partial charge >= 0.3 is 5.97 Å². The molecule has 2 heterocycles. The normalized spacial score (nSPS) is 23.2. The number of carboxylic acid groups (broad SMARTS) is 1. The van der Waals surface area contributed by atoms with E-state index in [1.807, 2.05) is 26.0 Å². The maximum absolute atomic E-state index is 12.1. The summed E-state index contributed by atoms with van der Waals surface area (Å²) in [6.07, 6.45) is 3.21. The summed E-state index contributed by atoms with van der Waals surface area (Å²) >= 11 is 3.09. The molecule has 2 atom stereocenters. The minimum atomic E-state index is -0.939. The van der Waals surface area contributed by atoms with Gasteiger partial charge in [-0.25, -0.2) is 4.79 Å². The number of thioether (sulfide) groups is 1. The van der Waals surface area contributed by atoms with Crippen LogP contribution in [0.3, 0.4) is 0 Å². The summed E-state index contributed by atoms with van der Waals surface area (Å²) in [5, 5.41) is 9.02. The van der Waals surface area contributed by atoms with E-state index < -0.39 is 12.0 Å². The van der Waals surface area contributed by atoms with Crippen molar-refractivity contribution in [1.29, 1.82) is 0 Å². The minimum absolute atomic E-state index is 0.0941. The largest absolute Gasteiger partial charge is 0.480 e. The van der Waals surface area contributed by atoms with E-state index in [0.717, 1.165) is 4.88 Å². The van der Waals surface area contributed by atoms with Crippen LogP contribution in [0.15, 0.2) is 18.2 Å². The van der Waals surface area contributed by atoms with E-state index in [2.05, 4.69) is 0 Å². The van der Waals surface area contributed by atoms with E-state index in [0.29, 0.717) is 5.75 Å². The average Bonchev–Trinajstić information content (AvgIpc) is 2.92. The lowest BCUT2D eigenvalue weighted by Gasteiger charge is -2.23. The van der Waals surface area contributed by atoms with Crippen molar-refractivity contribution in [2.24, 2.45) is 0 Å². The lowest BCUT2D eigenvalue weighted by Crippen LogP contribution is -2.43. The molecule has 1 amide bonds. The van der Waals surface area contributed by atoms with Crippen LogP contribution in [0.1, 0.15) is 16.7 Å². The standard InChI is InChI=1S/C13H15NO3S2/c1-8-3-4-10(19-8)5-6-12(15)14-9(2)18-7-11(14)13(16)17/h3-6,9,11H,7H2,1-2H3,(H,16,17). The molecule has 2 unspecified atom stereocenters. The Bertz CT molecular complexity index is 524. The fourth-order valence-corrected chi connectivity index (χ4v) is 3.91. The first kappa shape index (κ1) is 14.1. The number of thiophene rings is 1.